The van der Waals surface area contributed by atoms with Gasteiger partial charge in [-0.1, -0.05) is 103 Å². The summed E-state index contributed by atoms with van der Waals surface area (Å²) in [5.74, 6) is -0.332. The molecule has 12 heteroatoms. The third kappa shape index (κ3) is 6.20. The van der Waals surface area contributed by atoms with E-state index in [1.807, 2.05) is 91.0 Å². The van der Waals surface area contributed by atoms with Gasteiger partial charge in [0.25, 0.3) is 5.91 Å². The van der Waals surface area contributed by atoms with E-state index in [0.717, 1.165) is 22.3 Å². The summed E-state index contributed by atoms with van der Waals surface area (Å²) in [5, 5.41) is 14.6. The lowest BCUT2D eigenvalue weighted by molar-refractivity contribution is -0.154. The van der Waals surface area contributed by atoms with Crippen molar-refractivity contribution in [3.05, 3.63) is 119 Å². The fourth-order valence-corrected chi connectivity index (χ4v) is 7.37. The van der Waals surface area contributed by atoms with Gasteiger partial charge in [0.1, 0.15) is 17.1 Å². The number of amides is 2. The van der Waals surface area contributed by atoms with E-state index in [-0.39, 0.29) is 23.9 Å². The van der Waals surface area contributed by atoms with Crippen molar-refractivity contribution in [1.29, 1.82) is 0 Å². The van der Waals surface area contributed by atoms with E-state index in [1.165, 1.54) is 28.4 Å². The number of carbonyl (C=O) groups excluding carboxylic acids is 3. The van der Waals surface area contributed by atoms with Crippen LogP contribution in [0, 0.1) is 0 Å². The van der Waals surface area contributed by atoms with Gasteiger partial charge in [-0.25, -0.2) is 9.48 Å². The molecular formula is C31H28N6O4S2. The number of hydrogen-bond acceptors (Lipinski definition) is 9. The first-order valence-corrected chi connectivity index (χ1v) is 15.7. The largest absolute Gasteiger partial charge is 0.448 e. The van der Waals surface area contributed by atoms with Gasteiger partial charge in [0.15, 0.2) is 6.10 Å². The average molecular weight is 613 g/mol. The highest BCUT2D eigenvalue weighted by atomic mass is 32.2. The van der Waals surface area contributed by atoms with Crippen molar-refractivity contribution >= 4 is 41.3 Å². The van der Waals surface area contributed by atoms with Gasteiger partial charge in [0, 0.05) is 18.6 Å². The highest BCUT2D eigenvalue weighted by Crippen LogP contribution is 2.42. The molecule has 0 spiro atoms. The molecule has 2 aliphatic rings. The van der Waals surface area contributed by atoms with Crippen LogP contribution in [0.5, 0.6) is 0 Å². The molecule has 0 radical (unpaired) electrons. The molecule has 0 bridgehead atoms. The van der Waals surface area contributed by atoms with Gasteiger partial charge in [0.2, 0.25) is 11.1 Å². The van der Waals surface area contributed by atoms with Gasteiger partial charge < -0.3 is 10.1 Å². The Labute approximate surface area is 256 Å². The van der Waals surface area contributed by atoms with Gasteiger partial charge in [0.05, 0.1) is 6.42 Å². The van der Waals surface area contributed by atoms with Gasteiger partial charge in [-0.05, 0) is 32.7 Å². The number of esters is 1. The molecule has 43 heavy (non-hydrogen) atoms. The lowest BCUT2D eigenvalue weighted by atomic mass is 10.0. The normalized spacial score (nSPS) is 17.8. The monoisotopic (exact) mass is 612 g/mol. The zero-order valence-corrected chi connectivity index (χ0v) is 24.8. The van der Waals surface area contributed by atoms with Crippen molar-refractivity contribution < 1.29 is 19.1 Å². The molecule has 0 aliphatic carbocycles. The molecule has 0 unspecified atom stereocenters. The second-order valence-corrected chi connectivity index (χ2v) is 12.1. The summed E-state index contributed by atoms with van der Waals surface area (Å²) in [7, 11) is 1.74. The summed E-state index contributed by atoms with van der Waals surface area (Å²) in [5.41, 5.74) is 3.43. The molecule has 3 aromatic carbocycles. The number of aromatic nitrogens is 4. The molecule has 218 valence electrons. The maximum Gasteiger partial charge on any atom is 0.356 e. The number of tetrazole rings is 1. The standard InChI is InChI=1S/C31H28N6O4S2/c1-36-31(33-34-35-36)43-19-23-18-42-29-25(32-24(38)17-20-11-5-2-6-12-20)28(39)37(29)26(23)30(40)41-27(21-13-7-3-8-14-21)22-15-9-4-10-16-22/h2-16,25,27,29H,17-19H2,1H3,(H,32,38)/t25-,29-/m1/s1. The molecule has 1 fully saturated rings. The fourth-order valence-electron chi connectivity index (χ4n) is 5.03. The molecule has 6 rings (SSSR count). The van der Waals surface area contributed by atoms with E-state index in [1.54, 1.807) is 11.7 Å². The van der Waals surface area contributed by atoms with Crippen LogP contribution in [0.3, 0.4) is 0 Å². The fraction of sp³-hybridized carbons (Fsp3) is 0.226. The second-order valence-electron chi connectivity index (χ2n) is 10.0. The molecular weight excluding hydrogens is 585 g/mol. The van der Waals surface area contributed by atoms with Crippen LogP contribution in [0.15, 0.2) is 107 Å². The zero-order valence-electron chi connectivity index (χ0n) is 23.2. The number of carbonyl (C=O) groups is 3. The summed E-state index contributed by atoms with van der Waals surface area (Å²) in [4.78, 5) is 41.9. The van der Waals surface area contributed by atoms with Crippen LogP contribution >= 0.6 is 23.5 Å². The number of benzene rings is 3. The number of hydrogen-bond donors (Lipinski definition) is 1. The van der Waals surface area contributed by atoms with E-state index in [0.29, 0.717) is 16.7 Å². The van der Waals surface area contributed by atoms with Crippen molar-refractivity contribution in [3.63, 3.8) is 0 Å². The van der Waals surface area contributed by atoms with Crippen molar-refractivity contribution in [3.8, 4) is 0 Å². The highest BCUT2D eigenvalue weighted by molar-refractivity contribution is 8.01. The van der Waals surface area contributed by atoms with Crippen LogP contribution in [-0.2, 0) is 32.6 Å². The predicted octanol–water partition coefficient (Wildman–Crippen LogP) is 3.53. The maximum absolute atomic E-state index is 14.1. The summed E-state index contributed by atoms with van der Waals surface area (Å²) >= 11 is 2.88. The Bertz CT molecular complexity index is 1610. The summed E-state index contributed by atoms with van der Waals surface area (Å²) in [6.07, 6.45) is -0.513. The molecule has 3 heterocycles. The minimum atomic E-state index is -0.736. The average Bonchev–Trinajstić information content (AvgIpc) is 3.46. The van der Waals surface area contributed by atoms with Crippen LogP contribution < -0.4 is 5.32 Å². The molecule has 2 atom stereocenters. The van der Waals surface area contributed by atoms with Gasteiger partial charge in [-0.2, -0.15) is 0 Å². The summed E-state index contributed by atoms with van der Waals surface area (Å²) in [6.45, 7) is 0. The van der Waals surface area contributed by atoms with Crippen LogP contribution in [0.2, 0.25) is 0 Å². The minimum Gasteiger partial charge on any atom is -0.448 e. The number of rotatable bonds is 10. The number of thioether (sulfide) groups is 2. The Hall–Kier alpha value is -4.42. The van der Waals surface area contributed by atoms with Crippen molar-refractivity contribution in [2.24, 2.45) is 7.05 Å². The number of ether oxygens (including phenoxy) is 1. The van der Waals surface area contributed by atoms with Crippen LogP contribution in [0.1, 0.15) is 22.8 Å². The number of fused-ring (bicyclic) bond motifs is 1. The first kappa shape index (κ1) is 28.7. The van der Waals surface area contributed by atoms with E-state index in [9.17, 15) is 14.4 Å². The highest BCUT2D eigenvalue weighted by Gasteiger charge is 2.54. The van der Waals surface area contributed by atoms with Crippen molar-refractivity contribution in [2.75, 3.05) is 11.5 Å². The first-order chi connectivity index (χ1) is 21.0. The molecule has 0 saturated carbocycles. The van der Waals surface area contributed by atoms with Gasteiger partial charge >= 0.3 is 5.97 Å². The molecule has 4 aromatic rings. The van der Waals surface area contributed by atoms with Gasteiger partial charge in [-0.3, -0.25) is 14.5 Å². The Morgan fingerprint density at radius 2 is 1.63 bits per heavy atom. The maximum atomic E-state index is 14.1. The molecule has 2 amide bonds. The quantitative estimate of drug-likeness (QED) is 0.163. The molecule has 1 saturated heterocycles. The lowest BCUT2D eigenvalue weighted by Crippen LogP contribution is -2.70. The Kier molecular flexibility index (Phi) is 8.57. The van der Waals surface area contributed by atoms with Crippen molar-refractivity contribution in [2.45, 2.75) is 29.1 Å². The third-order valence-corrected chi connectivity index (χ3v) is 9.59. The van der Waals surface area contributed by atoms with E-state index in [4.69, 9.17) is 4.74 Å². The second kappa shape index (κ2) is 12.8. The van der Waals surface area contributed by atoms with Gasteiger partial charge in [-0.15, -0.1) is 16.9 Å². The molecule has 2 aliphatic heterocycles. The molecule has 1 aromatic heterocycles. The zero-order chi connectivity index (χ0) is 29.8. The van der Waals surface area contributed by atoms with E-state index < -0.39 is 23.5 Å². The van der Waals surface area contributed by atoms with Crippen LogP contribution in [-0.4, -0.2) is 65.8 Å². The van der Waals surface area contributed by atoms with Crippen molar-refractivity contribution in [1.82, 2.24) is 30.4 Å². The van der Waals surface area contributed by atoms with E-state index in [2.05, 4.69) is 20.8 Å². The number of aryl methyl sites for hydroxylation is 1. The summed E-state index contributed by atoms with van der Waals surface area (Å²) < 4.78 is 7.76. The number of nitrogens with zero attached hydrogens (tertiary/aromatic N) is 5. The number of nitrogens with one attached hydrogen (secondary N) is 1. The third-order valence-electron chi connectivity index (χ3n) is 7.15. The predicted molar refractivity (Wildman–Crippen MR) is 163 cm³/mol. The smallest absolute Gasteiger partial charge is 0.356 e. The SMILES string of the molecule is Cn1nnnc1SCC1=C(C(=O)OC(c2ccccc2)c2ccccc2)N2C(=O)[C@@H](NC(=O)Cc3ccccc3)[C@H]2SC1. The molecule has 10 nitrogen and oxygen atoms in total. The van der Waals surface area contributed by atoms with Crippen LogP contribution in [0.25, 0.3) is 0 Å². The Morgan fingerprint density at radius 3 is 2.23 bits per heavy atom. The first-order valence-electron chi connectivity index (χ1n) is 13.7. The topological polar surface area (TPSA) is 119 Å². The molecule has 1 N–H and O–H groups in total. The number of β-lactam (4-membered cyclic amide) rings is 1. The lowest BCUT2D eigenvalue weighted by Gasteiger charge is -2.49. The van der Waals surface area contributed by atoms with E-state index >= 15 is 0 Å². The minimum absolute atomic E-state index is 0.163. The summed E-state index contributed by atoms with van der Waals surface area (Å²) in [6, 6.07) is 27.6. The Morgan fingerprint density at radius 1 is 1.00 bits per heavy atom. The Balaban J connectivity index is 1.27. The van der Waals surface area contributed by atoms with Crippen LogP contribution in [0.4, 0.5) is 0 Å².